The van der Waals surface area contributed by atoms with Crippen molar-refractivity contribution in [3.8, 4) is 0 Å². The van der Waals surface area contributed by atoms with E-state index < -0.39 is 63.8 Å². The van der Waals surface area contributed by atoms with E-state index in [0.29, 0.717) is 12.1 Å². The molecule has 2 rings (SSSR count). The third-order valence-corrected chi connectivity index (χ3v) is 5.39. The molecule has 2 aromatic carbocycles. The maximum Gasteiger partial charge on any atom is 0.288 e. The average Bonchev–Trinajstić information content (AvgIpc) is 2.70. The van der Waals surface area contributed by atoms with Gasteiger partial charge in [0.25, 0.3) is 22.7 Å². The number of nitrogens with zero attached hydrogens (tertiary/aromatic N) is 4. The summed E-state index contributed by atoms with van der Waals surface area (Å²) < 4.78 is 0. The molecule has 0 N–H and O–H groups in total. The van der Waals surface area contributed by atoms with E-state index in [-0.39, 0.29) is 21.6 Å². The lowest BCUT2D eigenvalue weighted by molar-refractivity contribution is -0.394. The fourth-order valence-electron chi connectivity index (χ4n) is 2.08. The van der Waals surface area contributed by atoms with Gasteiger partial charge >= 0.3 is 0 Å². The number of carbonyl (C=O) groups excluding carboxylic acids is 2. The summed E-state index contributed by atoms with van der Waals surface area (Å²) >= 11 is 0. The fourth-order valence-corrected chi connectivity index (χ4v) is 3.75. The molecule has 154 valence electrons. The highest BCUT2D eigenvalue weighted by Crippen LogP contribution is 2.36. The number of carbonyl (C=O) groups is 2. The Hall–Kier alpha value is -3.92. The molecule has 0 saturated heterocycles. The molecule has 16 heteroatoms. The van der Waals surface area contributed by atoms with Crippen LogP contribution in [-0.4, -0.2) is 29.9 Å². The summed E-state index contributed by atoms with van der Waals surface area (Å²) in [6.07, 6.45) is 0. The Morgan fingerprint density at radius 2 is 0.933 bits per heavy atom. The molecule has 0 amide bonds. The van der Waals surface area contributed by atoms with E-state index in [0.717, 1.165) is 24.3 Å². The van der Waals surface area contributed by atoms with Gasteiger partial charge in [0, 0.05) is 12.1 Å². The standard InChI is InChI=1S/C14H6N4O10S2/c19-13(9-3-1-7(15(21)22)5-11(9)17(25)26)29-30-14(20)10-4-2-8(16(23)24)6-12(10)18(27)28/h1-6H. The smallest absolute Gasteiger partial charge is 0.280 e. The lowest BCUT2D eigenvalue weighted by Crippen LogP contribution is -2.03. The van der Waals surface area contributed by atoms with Gasteiger partial charge in [0.15, 0.2) is 0 Å². The van der Waals surface area contributed by atoms with Crippen molar-refractivity contribution in [1.82, 2.24) is 0 Å². The van der Waals surface area contributed by atoms with E-state index in [9.17, 15) is 50.0 Å². The zero-order valence-corrected chi connectivity index (χ0v) is 15.8. The molecule has 0 unspecified atom stereocenters. The van der Waals surface area contributed by atoms with Gasteiger partial charge in [-0.3, -0.25) is 50.0 Å². The summed E-state index contributed by atoms with van der Waals surface area (Å²) in [5, 5.41) is 41.6. The Morgan fingerprint density at radius 1 is 0.600 bits per heavy atom. The number of rotatable bonds is 6. The van der Waals surface area contributed by atoms with Gasteiger partial charge in [-0.05, 0) is 33.7 Å². The van der Waals surface area contributed by atoms with Gasteiger partial charge in [0.05, 0.1) is 31.8 Å². The van der Waals surface area contributed by atoms with Gasteiger partial charge in [-0.1, -0.05) is 0 Å². The number of hydrogen-bond donors (Lipinski definition) is 0. The lowest BCUT2D eigenvalue weighted by Gasteiger charge is -2.03. The summed E-state index contributed by atoms with van der Waals surface area (Å²) in [5.74, 6) is 0. The van der Waals surface area contributed by atoms with Crippen molar-refractivity contribution in [2.45, 2.75) is 0 Å². The van der Waals surface area contributed by atoms with Crippen LogP contribution in [0, 0.1) is 40.5 Å². The van der Waals surface area contributed by atoms with Crippen molar-refractivity contribution < 1.29 is 29.3 Å². The maximum atomic E-state index is 12.2. The molecule has 0 spiro atoms. The zero-order valence-electron chi connectivity index (χ0n) is 14.2. The predicted molar refractivity (Wildman–Crippen MR) is 103 cm³/mol. The van der Waals surface area contributed by atoms with Crippen LogP contribution in [0.4, 0.5) is 22.7 Å². The Kier molecular flexibility index (Phi) is 6.75. The number of nitro groups is 4. The molecule has 0 heterocycles. The summed E-state index contributed by atoms with van der Waals surface area (Å²) in [7, 11) is 0.413. The van der Waals surface area contributed by atoms with Crippen LogP contribution >= 0.6 is 21.6 Å². The third-order valence-electron chi connectivity index (χ3n) is 3.41. The summed E-state index contributed by atoms with van der Waals surface area (Å²) in [5.41, 5.74) is -3.97. The lowest BCUT2D eigenvalue weighted by atomic mass is 10.2. The number of non-ortho nitro benzene ring substituents is 2. The minimum absolute atomic E-state index is 0.207. The Labute approximate surface area is 172 Å². The minimum Gasteiger partial charge on any atom is -0.280 e. The highest BCUT2D eigenvalue weighted by molar-refractivity contribution is 8.87. The molecule has 0 bridgehead atoms. The van der Waals surface area contributed by atoms with Crippen molar-refractivity contribution in [2.75, 3.05) is 0 Å². The molecule has 0 aliphatic heterocycles. The highest BCUT2D eigenvalue weighted by atomic mass is 33.1. The maximum absolute atomic E-state index is 12.2. The second-order valence-electron chi connectivity index (χ2n) is 5.17. The van der Waals surface area contributed by atoms with Crippen molar-refractivity contribution in [3.05, 3.63) is 88.0 Å². The molecule has 0 saturated carbocycles. The fraction of sp³-hybridized carbons (Fsp3) is 0. The molecule has 0 aromatic heterocycles. The van der Waals surface area contributed by atoms with Crippen LogP contribution in [-0.2, 0) is 0 Å². The second kappa shape index (κ2) is 9.05. The first-order valence-corrected chi connectivity index (χ1v) is 9.46. The van der Waals surface area contributed by atoms with Gasteiger partial charge in [-0.2, -0.15) is 0 Å². The highest BCUT2D eigenvalue weighted by Gasteiger charge is 2.28. The predicted octanol–water partition coefficient (Wildman–Crippen LogP) is 3.68. The van der Waals surface area contributed by atoms with Crippen molar-refractivity contribution >= 4 is 54.6 Å². The van der Waals surface area contributed by atoms with Crippen LogP contribution in [0.15, 0.2) is 36.4 Å². The van der Waals surface area contributed by atoms with Crippen LogP contribution < -0.4 is 0 Å². The van der Waals surface area contributed by atoms with Crippen molar-refractivity contribution in [3.63, 3.8) is 0 Å². The largest absolute Gasteiger partial charge is 0.288 e. The third kappa shape index (κ3) is 4.92. The quantitative estimate of drug-likeness (QED) is 0.348. The van der Waals surface area contributed by atoms with Crippen LogP contribution in [0.3, 0.4) is 0 Å². The number of hydrogen-bond acceptors (Lipinski definition) is 12. The molecular formula is C14H6N4O10S2. The molecular weight excluding hydrogens is 448 g/mol. The van der Waals surface area contributed by atoms with E-state index in [1.54, 1.807) is 0 Å². The van der Waals surface area contributed by atoms with E-state index in [1.807, 2.05) is 0 Å². The topological polar surface area (TPSA) is 207 Å². The van der Waals surface area contributed by atoms with E-state index >= 15 is 0 Å². The van der Waals surface area contributed by atoms with Gasteiger partial charge in [-0.25, -0.2) is 0 Å². The Bertz CT molecular complexity index is 1030. The monoisotopic (exact) mass is 454 g/mol. The van der Waals surface area contributed by atoms with Crippen LogP contribution in [0.2, 0.25) is 0 Å². The first kappa shape index (κ1) is 22.4. The van der Waals surface area contributed by atoms with Crippen molar-refractivity contribution in [2.24, 2.45) is 0 Å². The Balaban J connectivity index is 2.26. The van der Waals surface area contributed by atoms with Crippen LogP contribution in [0.25, 0.3) is 0 Å². The molecule has 14 nitrogen and oxygen atoms in total. The van der Waals surface area contributed by atoms with E-state index in [2.05, 4.69) is 0 Å². The van der Waals surface area contributed by atoms with E-state index in [1.165, 1.54) is 0 Å². The summed E-state index contributed by atoms with van der Waals surface area (Å²) in [6, 6.07) is 4.61. The molecule has 0 radical (unpaired) electrons. The number of benzene rings is 2. The van der Waals surface area contributed by atoms with Gasteiger partial charge in [-0.15, -0.1) is 0 Å². The van der Waals surface area contributed by atoms with Gasteiger partial charge in [0.2, 0.25) is 10.2 Å². The van der Waals surface area contributed by atoms with Gasteiger partial charge < -0.3 is 0 Å². The van der Waals surface area contributed by atoms with Crippen LogP contribution in [0.5, 0.6) is 0 Å². The molecule has 30 heavy (non-hydrogen) atoms. The molecule has 0 fully saturated rings. The Morgan fingerprint density at radius 3 is 1.20 bits per heavy atom. The summed E-state index contributed by atoms with van der Waals surface area (Å²) in [4.78, 5) is 64.3. The average molecular weight is 454 g/mol. The van der Waals surface area contributed by atoms with Gasteiger partial charge in [0.1, 0.15) is 11.1 Å². The number of nitro benzene ring substituents is 4. The van der Waals surface area contributed by atoms with E-state index in [4.69, 9.17) is 0 Å². The summed E-state index contributed by atoms with van der Waals surface area (Å²) in [6.45, 7) is 0. The molecule has 0 atom stereocenters. The SMILES string of the molecule is O=C(SSC(=O)c1ccc([N+](=O)[O-])cc1[N+](=O)[O-])c1ccc([N+](=O)[O-])cc1[N+](=O)[O-]. The minimum atomic E-state index is -1.01. The molecule has 0 aliphatic rings. The second-order valence-corrected chi connectivity index (χ2v) is 7.25. The van der Waals surface area contributed by atoms with Crippen molar-refractivity contribution in [1.29, 1.82) is 0 Å². The van der Waals surface area contributed by atoms with Crippen LogP contribution in [0.1, 0.15) is 20.7 Å². The zero-order chi connectivity index (χ0) is 22.6. The molecule has 0 aliphatic carbocycles. The normalized spacial score (nSPS) is 10.3. The first-order chi connectivity index (χ1) is 14.0. The first-order valence-electron chi connectivity index (χ1n) is 7.31. The molecule has 2 aromatic rings.